The van der Waals surface area contributed by atoms with Gasteiger partial charge in [-0.15, -0.1) is 0 Å². The maximum Gasteiger partial charge on any atom is 0.397 e. The summed E-state index contributed by atoms with van der Waals surface area (Å²) in [6.07, 6.45) is 43.6. The molecular formula is C37H79NO4S. The third-order valence-electron chi connectivity index (χ3n) is 8.69. The molecule has 0 aliphatic rings. The van der Waals surface area contributed by atoms with E-state index in [1.807, 2.05) is 0 Å². The third-order valence-corrected chi connectivity index (χ3v) is 9.12. The van der Waals surface area contributed by atoms with Crippen molar-refractivity contribution in [3.8, 4) is 0 Å². The smallest absolute Gasteiger partial charge is 0.303 e. The number of rotatable bonds is 34. The highest BCUT2D eigenvalue weighted by molar-refractivity contribution is 7.80. The van der Waals surface area contributed by atoms with Gasteiger partial charge in [0.1, 0.15) is 0 Å². The molecule has 0 aromatic carbocycles. The van der Waals surface area contributed by atoms with Crippen molar-refractivity contribution in [2.24, 2.45) is 0 Å². The number of hydrogen-bond donors (Lipinski definition) is 1. The predicted octanol–water partition coefficient (Wildman–Crippen LogP) is 12.5. The summed E-state index contributed by atoms with van der Waals surface area (Å²) in [6.45, 7) is 11.0. The average molecular weight is 634 g/mol. The van der Waals surface area contributed by atoms with E-state index >= 15 is 0 Å². The molecule has 0 rings (SSSR count). The minimum atomic E-state index is -4.16. The Morgan fingerprint density at radius 2 is 0.558 bits per heavy atom. The van der Waals surface area contributed by atoms with Crippen LogP contribution in [-0.4, -0.2) is 44.6 Å². The van der Waals surface area contributed by atoms with Gasteiger partial charge in [0.25, 0.3) is 0 Å². The van der Waals surface area contributed by atoms with Crippen LogP contribution in [0.4, 0.5) is 0 Å². The van der Waals surface area contributed by atoms with Crippen LogP contribution >= 0.6 is 0 Å². The molecule has 5 nitrogen and oxygen atoms in total. The minimum Gasteiger partial charge on any atom is -0.303 e. The maximum atomic E-state index is 9.33. The molecule has 0 bridgehead atoms. The van der Waals surface area contributed by atoms with Gasteiger partial charge < -0.3 is 4.90 Å². The molecule has 0 radical (unpaired) electrons. The Bertz CT molecular complexity index is 542. The Hall–Kier alpha value is -0.170. The molecule has 0 aromatic heterocycles. The molecule has 0 saturated heterocycles. The van der Waals surface area contributed by atoms with Crippen LogP contribution in [0.15, 0.2) is 0 Å². The van der Waals surface area contributed by atoms with Crippen LogP contribution in [0.2, 0.25) is 0 Å². The fraction of sp³-hybridized carbons (Fsp3) is 1.00. The summed E-state index contributed by atoms with van der Waals surface area (Å²) in [5, 5.41) is 0. The molecule has 0 spiro atoms. The minimum absolute atomic E-state index is 0.870. The van der Waals surface area contributed by atoms with Crippen LogP contribution < -0.4 is 0 Å². The Labute approximate surface area is 272 Å². The van der Waals surface area contributed by atoms with E-state index in [0.29, 0.717) is 0 Å². The predicted molar refractivity (Wildman–Crippen MR) is 191 cm³/mol. The Balaban J connectivity index is 0. The second-order valence-electron chi connectivity index (χ2n) is 13.0. The lowest BCUT2D eigenvalue weighted by molar-refractivity contribution is 0.254. The lowest BCUT2D eigenvalue weighted by Crippen LogP contribution is -2.27. The summed E-state index contributed by atoms with van der Waals surface area (Å²) in [4.78, 5) is 2.85. The average Bonchev–Trinajstić information content (AvgIpc) is 2.99. The third kappa shape index (κ3) is 44.0. The monoisotopic (exact) mass is 634 g/mol. The first-order valence-corrected chi connectivity index (χ1v) is 20.5. The SMILES string of the molecule is CCCCCCCCCCCCN(CCCCCCCCCCCC)CCCCCCCCCCCC.COS(=O)(=O)O. The normalized spacial score (nSPS) is 11.7. The van der Waals surface area contributed by atoms with Crippen LogP contribution in [0.5, 0.6) is 0 Å². The summed E-state index contributed by atoms with van der Waals surface area (Å²) in [6, 6.07) is 0. The van der Waals surface area contributed by atoms with Crippen LogP contribution in [0.1, 0.15) is 213 Å². The fourth-order valence-corrected chi connectivity index (χ4v) is 5.80. The van der Waals surface area contributed by atoms with Gasteiger partial charge in [0.15, 0.2) is 0 Å². The van der Waals surface area contributed by atoms with Crippen molar-refractivity contribution in [3.63, 3.8) is 0 Å². The van der Waals surface area contributed by atoms with Crippen LogP contribution in [0.25, 0.3) is 0 Å². The zero-order valence-electron chi connectivity index (χ0n) is 29.9. The van der Waals surface area contributed by atoms with E-state index < -0.39 is 10.4 Å². The van der Waals surface area contributed by atoms with Crippen LogP contribution in [0.3, 0.4) is 0 Å². The van der Waals surface area contributed by atoms with E-state index in [-0.39, 0.29) is 0 Å². The zero-order chi connectivity index (χ0) is 32.1. The van der Waals surface area contributed by atoms with Gasteiger partial charge in [0, 0.05) is 0 Å². The molecule has 0 atom stereocenters. The number of nitrogens with zero attached hydrogens (tertiary/aromatic N) is 1. The van der Waals surface area contributed by atoms with Crippen molar-refractivity contribution in [2.75, 3.05) is 26.7 Å². The second-order valence-corrected chi connectivity index (χ2v) is 14.2. The first-order chi connectivity index (χ1) is 20.9. The first-order valence-electron chi connectivity index (χ1n) is 19.2. The molecule has 0 aliphatic carbocycles. The molecule has 262 valence electrons. The molecule has 6 heteroatoms. The quantitative estimate of drug-likeness (QED) is 0.0564. The second kappa shape index (κ2) is 38.0. The highest BCUT2D eigenvalue weighted by Crippen LogP contribution is 2.14. The standard InChI is InChI=1S/C36H75N.CH4O4S/c1-4-7-10-13-16-19-22-25-28-31-34-37(35-32-29-26-23-20-17-14-11-8-5-2)36-33-30-27-24-21-18-15-12-9-6-3;1-5-6(2,3)4/h4-36H2,1-3H3;1H3,(H,2,3,4). The molecule has 0 aliphatic heterocycles. The van der Waals surface area contributed by atoms with E-state index in [4.69, 9.17) is 4.55 Å². The van der Waals surface area contributed by atoms with E-state index in [1.165, 1.54) is 212 Å². The van der Waals surface area contributed by atoms with Gasteiger partial charge >= 0.3 is 10.4 Å². The van der Waals surface area contributed by atoms with Crippen molar-refractivity contribution in [3.05, 3.63) is 0 Å². The van der Waals surface area contributed by atoms with Gasteiger partial charge in [-0.05, 0) is 38.9 Å². The highest BCUT2D eigenvalue weighted by Gasteiger charge is 2.05. The molecule has 0 fully saturated rings. The lowest BCUT2D eigenvalue weighted by Gasteiger charge is -2.22. The number of unbranched alkanes of at least 4 members (excludes halogenated alkanes) is 27. The Morgan fingerprint density at radius 1 is 0.395 bits per heavy atom. The molecule has 0 heterocycles. The molecule has 1 N–H and O–H groups in total. The van der Waals surface area contributed by atoms with Crippen LogP contribution in [0, 0.1) is 0 Å². The molecular weight excluding hydrogens is 554 g/mol. The molecule has 0 saturated carbocycles. The van der Waals surface area contributed by atoms with Gasteiger partial charge in [0.2, 0.25) is 0 Å². The lowest BCUT2D eigenvalue weighted by atomic mass is 10.1. The Morgan fingerprint density at radius 3 is 0.721 bits per heavy atom. The fourth-order valence-electron chi connectivity index (χ4n) is 5.80. The molecule has 0 amide bonds. The highest BCUT2D eigenvalue weighted by atomic mass is 32.3. The summed E-state index contributed by atoms with van der Waals surface area (Å²) in [5.74, 6) is 0. The van der Waals surface area contributed by atoms with Crippen molar-refractivity contribution in [2.45, 2.75) is 213 Å². The van der Waals surface area contributed by atoms with Crippen molar-refractivity contribution < 1.29 is 17.2 Å². The first kappa shape index (κ1) is 45.0. The van der Waals surface area contributed by atoms with E-state index in [1.54, 1.807) is 0 Å². The molecule has 0 aromatic rings. The molecule has 0 unspecified atom stereocenters. The van der Waals surface area contributed by atoms with Gasteiger partial charge in [0.05, 0.1) is 7.11 Å². The number of hydrogen-bond acceptors (Lipinski definition) is 4. The maximum absolute atomic E-state index is 9.33. The summed E-state index contributed by atoms with van der Waals surface area (Å²) in [7, 11) is -3.29. The summed E-state index contributed by atoms with van der Waals surface area (Å²) >= 11 is 0. The largest absolute Gasteiger partial charge is 0.397 e. The molecule has 43 heavy (non-hydrogen) atoms. The van der Waals surface area contributed by atoms with Crippen molar-refractivity contribution >= 4 is 10.4 Å². The van der Waals surface area contributed by atoms with E-state index in [0.717, 1.165) is 7.11 Å². The van der Waals surface area contributed by atoms with Gasteiger partial charge in [-0.25, -0.2) is 0 Å². The van der Waals surface area contributed by atoms with Gasteiger partial charge in [-0.2, -0.15) is 8.42 Å². The van der Waals surface area contributed by atoms with Gasteiger partial charge in [-0.3, -0.25) is 8.74 Å². The topological polar surface area (TPSA) is 66.8 Å². The summed E-state index contributed by atoms with van der Waals surface area (Å²) in [5.41, 5.74) is 0. The van der Waals surface area contributed by atoms with Gasteiger partial charge in [-0.1, -0.05) is 194 Å². The van der Waals surface area contributed by atoms with Crippen LogP contribution in [-0.2, 0) is 14.6 Å². The van der Waals surface area contributed by atoms with E-state index in [9.17, 15) is 8.42 Å². The van der Waals surface area contributed by atoms with Crippen molar-refractivity contribution in [1.29, 1.82) is 0 Å². The zero-order valence-corrected chi connectivity index (χ0v) is 30.7. The Kier molecular flexibility index (Phi) is 39.7. The van der Waals surface area contributed by atoms with E-state index in [2.05, 4.69) is 29.9 Å². The summed E-state index contributed by atoms with van der Waals surface area (Å²) < 4.78 is 29.7. The van der Waals surface area contributed by atoms with Crippen molar-refractivity contribution in [1.82, 2.24) is 4.90 Å².